The lowest BCUT2D eigenvalue weighted by Crippen LogP contribution is -2.47. The van der Waals surface area contributed by atoms with Crippen molar-refractivity contribution in [3.05, 3.63) is 103 Å². The van der Waals surface area contributed by atoms with Gasteiger partial charge in [0.05, 0.1) is 19.8 Å². The summed E-state index contributed by atoms with van der Waals surface area (Å²) in [5, 5.41) is 15.6. The van der Waals surface area contributed by atoms with E-state index in [-0.39, 0.29) is 32.0 Å². The van der Waals surface area contributed by atoms with Crippen molar-refractivity contribution in [3.63, 3.8) is 0 Å². The number of carbonyl (C=O) groups excluding carboxylic acids is 2. The number of nitrogens with one attached hydrogen (secondary N) is 2. The molecule has 0 radical (unpaired) electrons. The molecule has 0 aliphatic heterocycles. The zero-order valence-corrected chi connectivity index (χ0v) is 19.6. The Morgan fingerprint density at radius 1 is 1.00 bits per heavy atom. The van der Waals surface area contributed by atoms with E-state index in [2.05, 4.69) is 17.2 Å². The minimum absolute atomic E-state index is 0.0318. The lowest BCUT2D eigenvalue weighted by atomic mass is 10.2. The molecule has 36 heavy (non-hydrogen) atoms. The normalized spacial score (nSPS) is 11.3. The van der Waals surface area contributed by atoms with E-state index in [1.165, 1.54) is 30.5 Å². The zero-order chi connectivity index (χ0) is 25.8. The van der Waals surface area contributed by atoms with Gasteiger partial charge in [-0.3, -0.25) is 19.9 Å². The average Bonchev–Trinajstić information content (AvgIpc) is 2.89. The molecule has 3 rings (SSSR count). The number of halogens is 1. The number of benzene rings is 3. The Kier molecular flexibility index (Phi) is 9.99. The molecule has 0 saturated carbocycles. The van der Waals surface area contributed by atoms with Crippen LogP contribution in [0.5, 0.6) is 11.5 Å². The SMILES string of the molecule is C=CN(O)CCC(=O)N[C@@H](COCc1ccccc1)C(=O)Nc1ccc(Oc2ccc(F)cc2)cc1. The zero-order valence-electron chi connectivity index (χ0n) is 19.6. The molecule has 188 valence electrons. The largest absolute Gasteiger partial charge is 0.457 e. The van der Waals surface area contributed by atoms with E-state index in [0.717, 1.165) is 10.6 Å². The highest BCUT2D eigenvalue weighted by atomic mass is 19.1. The van der Waals surface area contributed by atoms with Crippen molar-refractivity contribution in [2.45, 2.75) is 19.1 Å². The second-order valence-corrected chi connectivity index (χ2v) is 7.79. The van der Waals surface area contributed by atoms with Crippen LogP contribution in [0.2, 0.25) is 0 Å². The van der Waals surface area contributed by atoms with Gasteiger partial charge in [-0.1, -0.05) is 36.9 Å². The van der Waals surface area contributed by atoms with E-state index in [4.69, 9.17) is 9.47 Å². The summed E-state index contributed by atoms with van der Waals surface area (Å²) in [4.78, 5) is 25.3. The fraction of sp³-hybridized carbons (Fsp3) is 0.185. The number of anilines is 1. The van der Waals surface area contributed by atoms with Crippen LogP contribution in [0.15, 0.2) is 91.6 Å². The molecule has 0 aromatic heterocycles. The van der Waals surface area contributed by atoms with Gasteiger partial charge >= 0.3 is 0 Å². The summed E-state index contributed by atoms with van der Waals surface area (Å²) in [6, 6.07) is 20.7. The van der Waals surface area contributed by atoms with Crippen LogP contribution in [-0.4, -0.2) is 41.3 Å². The Bertz CT molecular complexity index is 1120. The lowest BCUT2D eigenvalue weighted by molar-refractivity contribution is -0.129. The Morgan fingerprint density at radius 3 is 2.28 bits per heavy atom. The van der Waals surface area contributed by atoms with Gasteiger partial charge in [-0.25, -0.2) is 4.39 Å². The topological polar surface area (TPSA) is 100 Å². The van der Waals surface area contributed by atoms with Gasteiger partial charge in [0.2, 0.25) is 11.8 Å². The highest BCUT2D eigenvalue weighted by Crippen LogP contribution is 2.23. The first-order valence-corrected chi connectivity index (χ1v) is 11.3. The van der Waals surface area contributed by atoms with E-state index in [0.29, 0.717) is 17.2 Å². The maximum absolute atomic E-state index is 13.1. The minimum Gasteiger partial charge on any atom is -0.457 e. The first-order chi connectivity index (χ1) is 17.4. The number of nitrogens with zero attached hydrogens (tertiary/aromatic N) is 1. The molecule has 0 heterocycles. The molecule has 3 aromatic rings. The van der Waals surface area contributed by atoms with Gasteiger partial charge in [-0.15, -0.1) is 0 Å². The van der Waals surface area contributed by atoms with Crippen molar-refractivity contribution >= 4 is 17.5 Å². The molecule has 0 bridgehead atoms. The summed E-state index contributed by atoms with van der Waals surface area (Å²) < 4.78 is 24.4. The smallest absolute Gasteiger partial charge is 0.249 e. The molecular weight excluding hydrogens is 465 g/mol. The van der Waals surface area contributed by atoms with E-state index in [9.17, 15) is 19.2 Å². The second-order valence-electron chi connectivity index (χ2n) is 7.79. The molecule has 0 spiro atoms. The quantitative estimate of drug-likeness (QED) is 0.304. The van der Waals surface area contributed by atoms with Crippen LogP contribution in [0.3, 0.4) is 0 Å². The first-order valence-electron chi connectivity index (χ1n) is 11.3. The molecule has 0 saturated heterocycles. The molecule has 1 atom stereocenters. The van der Waals surface area contributed by atoms with Crippen molar-refractivity contribution < 1.29 is 28.7 Å². The van der Waals surface area contributed by atoms with Gasteiger partial charge in [-0.2, -0.15) is 0 Å². The monoisotopic (exact) mass is 493 g/mol. The van der Waals surface area contributed by atoms with Crippen LogP contribution in [0.4, 0.5) is 10.1 Å². The van der Waals surface area contributed by atoms with Crippen molar-refractivity contribution in [1.29, 1.82) is 0 Å². The summed E-state index contributed by atoms with van der Waals surface area (Å²) in [5.41, 5.74) is 1.42. The Hall–Kier alpha value is -4.21. The van der Waals surface area contributed by atoms with Crippen LogP contribution in [0.25, 0.3) is 0 Å². The highest BCUT2D eigenvalue weighted by Gasteiger charge is 2.21. The van der Waals surface area contributed by atoms with Gasteiger partial charge in [0.25, 0.3) is 0 Å². The van der Waals surface area contributed by atoms with E-state index >= 15 is 0 Å². The molecule has 0 aliphatic rings. The Labute approximate surface area is 208 Å². The van der Waals surface area contributed by atoms with Crippen molar-refractivity contribution in [1.82, 2.24) is 10.4 Å². The van der Waals surface area contributed by atoms with Crippen LogP contribution in [0, 0.1) is 5.82 Å². The maximum Gasteiger partial charge on any atom is 0.249 e. The van der Waals surface area contributed by atoms with Crippen molar-refractivity contribution in [2.24, 2.45) is 0 Å². The summed E-state index contributed by atoms with van der Waals surface area (Å²) in [6.45, 7) is 3.67. The molecule has 3 N–H and O–H groups in total. The number of hydroxylamine groups is 2. The van der Waals surface area contributed by atoms with Crippen LogP contribution >= 0.6 is 0 Å². The molecule has 8 nitrogen and oxygen atoms in total. The maximum atomic E-state index is 13.1. The molecule has 0 unspecified atom stereocenters. The predicted octanol–water partition coefficient (Wildman–Crippen LogP) is 4.48. The minimum atomic E-state index is -0.966. The Balaban J connectivity index is 1.59. The molecule has 0 fully saturated rings. The van der Waals surface area contributed by atoms with E-state index in [1.807, 2.05) is 30.3 Å². The number of ether oxygens (including phenoxy) is 2. The molecular formula is C27H28FN3O5. The number of rotatable bonds is 13. The number of hydrogen-bond donors (Lipinski definition) is 3. The highest BCUT2D eigenvalue weighted by molar-refractivity contribution is 5.97. The summed E-state index contributed by atoms with van der Waals surface area (Å²) in [7, 11) is 0. The molecule has 0 aliphatic carbocycles. The fourth-order valence-electron chi connectivity index (χ4n) is 3.10. The summed E-state index contributed by atoms with van der Waals surface area (Å²) >= 11 is 0. The Morgan fingerprint density at radius 2 is 1.64 bits per heavy atom. The number of hydrogen-bond acceptors (Lipinski definition) is 6. The number of amides is 2. The van der Waals surface area contributed by atoms with Crippen molar-refractivity contribution in [2.75, 3.05) is 18.5 Å². The van der Waals surface area contributed by atoms with Gasteiger partial charge in [0, 0.05) is 18.3 Å². The van der Waals surface area contributed by atoms with Gasteiger partial charge in [0.1, 0.15) is 23.4 Å². The average molecular weight is 494 g/mol. The fourth-order valence-corrected chi connectivity index (χ4v) is 3.10. The second kappa shape index (κ2) is 13.6. The van der Waals surface area contributed by atoms with Gasteiger partial charge in [-0.05, 0) is 54.1 Å². The van der Waals surface area contributed by atoms with Crippen LogP contribution in [0.1, 0.15) is 12.0 Å². The molecule has 9 heteroatoms. The van der Waals surface area contributed by atoms with Gasteiger partial charge in [0.15, 0.2) is 0 Å². The summed E-state index contributed by atoms with van der Waals surface area (Å²) in [6.07, 6.45) is 1.14. The third-order valence-electron chi connectivity index (χ3n) is 5.00. The first kappa shape index (κ1) is 26.4. The predicted molar refractivity (Wildman–Crippen MR) is 133 cm³/mol. The molecule has 2 amide bonds. The van der Waals surface area contributed by atoms with E-state index in [1.54, 1.807) is 24.3 Å². The lowest BCUT2D eigenvalue weighted by Gasteiger charge is -2.19. The third kappa shape index (κ3) is 8.86. The third-order valence-corrected chi connectivity index (χ3v) is 5.00. The van der Waals surface area contributed by atoms with Crippen LogP contribution in [-0.2, 0) is 20.9 Å². The standard InChI is InChI=1S/C27H28FN3O5/c1-2-31(34)17-16-26(32)30-25(19-35-18-20-6-4-3-5-7-20)27(33)29-22-10-14-24(15-11-22)36-23-12-8-21(28)9-13-23/h2-15,25,34H,1,16-19H2,(H,29,33)(H,30,32)/t25-/m0/s1. The van der Waals surface area contributed by atoms with Crippen LogP contribution < -0.4 is 15.4 Å². The summed E-state index contributed by atoms with van der Waals surface area (Å²) in [5.74, 6) is -0.268. The van der Waals surface area contributed by atoms with E-state index < -0.39 is 17.9 Å². The van der Waals surface area contributed by atoms with Crippen molar-refractivity contribution in [3.8, 4) is 11.5 Å². The number of carbonyl (C=O) groups is 2. The van der Waals surface area contributed by atoms with Gasteiger partial charge < -0.3 is 20.1 Å². The molecule has 3 aromatic carbocycles.